The Bertz CT molecular complexity index is 3540. The van der Waals surface area contributed by atoms with Crippen LogP contribution in [0.2, 0.25) is 0 Å². The summed E-state index contributed by atoms with van der Waals surface area (Å²) in [6.07, 6.45) is 0. The van der Waals surface area contributed by atoms with E-state index in [4.69, 9.17) is 0 Å². The number of para-hydroxylation sites is 1. The first kappa shape index (κ1) is 33.4. The van der Waals surface area contributed by atoms with E-state index in [9.17, 15) is 0 Å². The van der Waals surface area contributed by atoms with Gasteiger partial charge in [-0.05, 0) is 112 Å². The molecule has 0 aliphatic carbocycles. The lowest BCUT2D eigenvalue weighted by Crippen LogP contribution is -1.95. The topological polar surface area (TPSA) is 4.93 Å². The van der Waals surface area contributed by atoms with Crippen molar-refractivity contribution in [3.05, 3.63) is 224 Å². The van der Waals surface area contributed by atoms with Gasteiger partial charge in [0.15, 0.2) is 0 Å². The van der Waals surface area contributed by atoms with Crippen LogP contribution in [0.4, 0.5) is 0 Å². The minimum absolute atomic E-state index is 1.15. The van der Waals surface area contributed by atoms with E-state index in [2.05, 4.69) is 229 Å². The molecule has 0 aliphatic rings. The number of hydrogen-bond acceptors (Lipinski definition) is 0. The highest BCUT2D eigenvalue weighted by atomic mass is 15.0. The first-order valence-electron chi connectivity index (χ1n) is 20.4. The van der Waals surface area contributed by atoms with Crippen molar-refractivity contribution in [1.82, 2.24) is 4.57 Å². The summed E-state index contributed by atoms with van der Waals surface area (Å²) in [6.45, 7) is 0. The minimum Gasteiger partial charge on any atom is -0.309 e. The Morgan fingerprint density at radius 2 is 0.695 bits per heavy atom. The Hall–Kier alpha value is -7.74. The quantitative estimate of drug-likeness (QED) is 0.155. The molecule has 0 saturated carbocycles. The van der Waals surface area contributed by atoms with Gasteiger partial charge in [-0.15, -0.1) is 0 Å². The molecule has 0 atom stereocenters. The summed E-state index contributed by atoms with van der Waals surface area (Å²) in [4.78, 5) is 0. The molecule has 0 radical (unpaired) electrons. The number of nitrogens with zero attached hydrogens (tertiary/aromatic N) is 1. The first-order valence-corrected chi connectivity index (χ1v) is 20.4. The summed E-state index contributed by atoms with van der Waals surface area (Å²) in [5.41, 5.74) is 13.4. The van der Waals surface area contributed by atoms with Gasteiger partial charge in [-0.2, -0.15) is 0 Å². The average Bonchev–Trinajstić information content (AvgIpc) is 3.66. The zero-order chi connectivity index (χ0) is 38.9. The lowest BCUT2D eigenvalue weighted by molar-refractivity contribution is 1.18. The van der Waals surface area contributed by atoms with Gasteiger partial charge in [-0.3, -0.25) is 0 Å². The molecule has 1 aromatic heterocycles. The highest BCUT2D eigenvalue weighted by Gasteiger charge is 2.23. The van der Waals surface area contributed by atoms with Crippen LogP contribution in [-0.4, -0.2) is 4.57 Å². The number of benzene rings is 11. The maximum atomic E-state index is 2.47. The van der Waals surface area contributed by atoms with Gasteiger partial charge in [0, 0.05) is 16.5 Å². The second-order valence-electron chi connectivity index (χ2n) is 15.5. The zero-order valence-corrected chi connectivity index (χ0v) is 32.3. The van der Waals surface area contributed by atoms with E-state index < -0.39 is 0 Å². The van der Waals surface area contributed by atoms with E-state index in [0.717, 1.165) is 5.69 Å². The smallest absolute Gasteiger partial charge is 0.0553 e. The Morgan fingerprint density at radius 3 is 1.34 bits per heavy atom. The summed E-state index contributed by atoms with van der Waals surface area (Å²) >= 11 is 0. The van der Waals surface area contributed by atoms with Crippen molar-refractivity contribution in [2.24, 2.45) is 0 Å². The minimum atomic E-state index is 1.15. The molecule has 12 aromatic rings. The molecule has 0 amide bonds. The summed E-state index contributed by atoms with van der Waals surface area (Å²) in [7, 11) is 0. The fourth-order valence-electron chi connectivity index (χ4n) is 9.94. The van der Waals surface area contributed by atoms with E-state index in [1.54, 1.807) is 0 Å². The summed E-state index contributed by atoms with van der Waals surface area (Å²) < 4.78 is 2.47. The van der Waals surface area contributed by atoms with E-state index in [1.165, 1.54) is 109 Å². The predicted octanol–water partition coefficient (Wildman–Crippen LogP) is 16.1. The van der Waals surface area contributed by atoms with Gasteiger partial charge >= 0.3 is 0 Å². The number of hydrogen-bond donors (Lipinski definition) is 0. The predicted molar refractivity (Wildman–Crippen MR) is 253 cm³/mol. The molecule has 0 unspecified atom stereocenters. The Morgan fingerprint density at radius 1 is 0.254 bits per heavy atom. The second kappa shape index (κ2) is 13.4. The lowest BCUT2D eigenvalue weighted by atomic mass is 9.82. The van der Waals surface area contributed by atoms with Gasteiger partial charge in [-0.25, -0.2) is 0 Å². The van der Waals surface area contributed by atoms with E-state index >= 15 is 0 Å². The van der Waals surface area contributed by atoms with Crippen LogP contribution in [0.5, 0.6) is 0 Å². The second-order valence-corrected chi connectivity index (χ2v) is 15.5. The molecule has 0 spiro atoms. The van der Waals surface area contributed by atoms with Crippen LogP contribution in [0.15, 0.2) is 224 Å². The number of rotatable bonds is 5. The molecule has 11 aromatic carbocycles. The Labute approximate surface area is 342 Å². The molecule has 0 N–H and O–H groups in total. The van der Waals surface area contributed by atoms with Crippen LogP contribution in [-0.2, 0) is 0 Å². The zero-order valence-electron chi connectivity index (χ0n) is 32.3. The van der Waals surface area contributed by atoms with E-state index in [0.29, 0.717) is 0 Å². The third kappa shape index (κ3) is 5.12. The van der Waals surface area contributed by atoms with Crippen LogP contribution in [0.3, 0.4) is 0 Å². The molecule has 1 heterocycles. The fraction of sp³-hybridized carbons (Fsp3) is 0. The first-order chi connectivity index (χ1) is 29.3. The standard InChI is InChI=1S/C58H37N/c1-3-20-39(21-4-1)55-48-31-15-17-33-50(48)56(51-34-18-16-32-49(51)55)46-29-13-11-26-43(46)42-25-9-10-27-44(42)52-37-54-58(47-30-14-12-28-45(47)52)57-41-24-8-7-19-38(41)35-36-53(57)59(54)40-22-5-2-6-23-40/h1-37H. The summed E-state index contributed by atoms with van der Waals surface area (Å²) in [6, 6.07) is 82.5. The third-order valence-electron chi connectivity index (χ3n) is 12.4. The van der Waals surface area contributed by atoms with Gasteiger partial charge < -0.3 is 4.57 Å². The molecular formula is C58H37N. The molecule has 0 saturated heterocycles. The lowest BCUT2D eigenvalue weighted by Gasteiger charge is -2.21. The molecule has 274 valence electrons. The van der Waals surface area contributed by atoms with E-state index in [1.807, 2.05) is 0 Å². The SMILES string of the molecule is c1ccc(-c2c3ccccc3c(-c3ccccc3-c3ccccc3-c3cc4c(c5ccccc35)c3c5ccccc5ccc3n4-c3ccccc3)c3ccccc23)cc1. The summed E-state index contributed by atoms with van der Waals surface area (Å²) in [5, 5.41) is 12.6. The Balaban J connectivity index is 1.17. The van der Waals surface area contributed by atoms with Crippen LogP contribution in [0.25, 0.3) is 115 Å². The molecular weight excluding hydrogens is 711 g/mol. The van der Waals surface area contributed by atoms with Crippen molar-refractivity contribution in [3.63, 3.8) is 0 Å². The molecule has 0 bridgehead atoms. The highest BCUT2D eigenvalue weighted by Crippen LogP contribution is 2.49. The normalized spacial score (nSPS) is 11.7. The van der Waals surface area contributed by atoms with E-state index in [-0.39, 0.29) is 0 Å². The highest BCUT2D eigenvalue weighted by molar-refractivity contribution is 6.30. The Kier molecular flexibility index (Phi) is 7.61. The molecule has 0 aliphatic heterocycles. The molecule has 1 heteroatoms. The maximum absolute atomic E-state index is 2.47. The van der Waals surface area contributed by atoms with Gasteiger partial charge in [-0.1, -0.05) is 200 Å². The van der Waals surface area contributed by atoms with Gasteiger partial charge in [0.25, 0.3) is 0 Å². The van der Waals surface area contributed by atoms with Crippen LogP contribution >= 0.6 is 0 Å². The van der Waals surface area contributed by atoms with Crippen LogP contribution in [0.1, 0.15) is 0 Å². The number of fused-ring (bicyclic) bond motifs is 9. The van der Waals surface area contributed by atoms with Crippen molar-refractivity contribution in [2.75, 3.05) is 0 Å². The number of aromatic nitrogens is 1. The van der Waals surface area contributed by atoms with Crippen molar-refractivity contribution < 1.29 is 0 Å². The van der Waals surface area contributed by atoms with Crippen LogP contribution in [0, 0.1) is 0 Å². The van der Waals surface area contributed by atoms with Gasteiger partial charge in [0.1, 0.15) is 0 Å². The summed E-state index contributed by atoms with van der Waals surface area (Å²) in [5.74, 6) is 0. The monoisotopic (exact) mass is 747 g/mol. The fourth-order valence-corrected chi connectivity index (χ4v) is 9.94. The molecule has 12 rings (SSSR count). The van der Waals surface area contributed by atoms with Crippen molar-refractivity contribution in [2.45, 2.75) is 0 Å². The molecule has 59 heavy (non-hydrogen) atoms. The van der Waals surface area contributed by atoms with Crippen LogP contribution < -0.4 is 0 Å². The third-order valence-corrected chi connectivity index (χ3v) is 12.4. The van der Waals surface area contributed by atoms with Gasteiger partial charge in [0.05, 0.1) is 11.0 Å². The largest absolute Gasteiger partial charge is 0.309 e. The molecule has 0 fully saturated rings. The van der Waals surface area contributed by atoms with Crippen molar-refractivity contribution in [3.8, 4) is 50.2 Å². The maximum Gasteiger partial charge on any atom is 0.0553 e. The van der Waals surface area contributed by atoms with Crippen molar-refractivity contribution in [1.29, 1.82) is 0 Å². The van der Waals surface area contributed by atoms with Gasteiger partial charge in [0.2, 0.25) is 0 Å². The molecule has 1 nitrogen and oxygen atoms in total. The average molecular weight is 748 g/mol. The van der Waals surface area contributed by atoms with Crippen molar-refractivity contribution >= 4 is 64.9 Å².